The van der Waals surface area contributed by atoms with E-state index in [1.54, 1.807) is 78.9 Å². The van der Waals surface area contributed by atoms with E-state index in [4.69, 9.17) is 15.3 Å². The number of aromatic hydroxyl groups is 5. The number of hydrogen-bond acceptors (Lipinski definition) is 5. The molecule has 0 aromatic heterocycles. The summed E-state index contributed by atoms with van der Waals surface area (Å²) in [6, 6.07) is 93.5. The molecule has 0 atom stereocenters. The van der Waals surface area contributed by atoms with Crippen molar-refractivity contribution in [1.29, 1.82) is 0 Å². The van der Waals surface area contributed by atoms with Gasteiger partial charge in [0.1, 0.15) is 28.7 Å². The first-order valence-electron chi connectivity index (χ1n) is 33.7. The van der Waals surface area contributed by atoms with Gasteiger partial charge in [-0.15, -0.1) is 0 Å². The van der Waals surface area contributed by atoms with Gasteiger partial charge in [-0.3, -0.25) is 0 Å². The Kier molecular flexibility index (Phi) is 39.5. The van der Waals surface area contributed by atoms with Crippen molar-refractivity contribution in [2.24, 2.45) is 0 Å². The highest BCUT2D eigenvalue weighted by atomic mass is 16.3. The van der Waals surface area contributed by atoms with E-state index in [1.165, 1.54) is 70.9 Å². The van der Waals surface area contributed by atoms with Crippen molar-refractivity contribution in [2.75, 3.05) is 0 Å². The minimum absolute atomic E-state index is 0.174. The Morgan fingerprint density at radius 1 is 0.234 bits per heavy atom. The first-order valence-corrected chi connectivity index (χ1v) is 33.7. The van der Waals surface area contributed by atoms with Crippen LogP contribution < -0.4 is 0 Å². The summed E-state index contributed by atoms with van der Waals surface area (Å²) >= 11 is 0. The molecule has 0 saturated carbocycles. The van der Waals surface area contributed by atoms with Gasteiger partial charge in [0.15, 0.2) is 0 Å². The molecule has 13 rings (SSSR count). The number of aryl methyl sites for hydroxylation is 5. The molecule has 0 aliphatic rings. The van der Waals surface area contributed by atoms with Gasteiger partial charge in [0.05, 0.1) is 0 Å². The Labute approximate surface area is 565 Å². The fourth-order valence-electron chi connectivity index (χ4n) is 9.63. The molecule has 13 aromatic carbocycles. The highest BCUT2D eigenvalue weighted by Gasteiger charge is 2.12. The summed E-state index contributed by atoms with van der Waals surface area (Å²) in [5, 5.41) is 57.6. The summed E-state index contributed by atoms with van der Waals surface area (Å²) < 4.78 is 0. The molecule has 94 heavy (non-hydrogen) atoms. The second-order valence-corrected chi connectivity index (χ2v) is 21.5. The van der Waals surface area contributed by atoms with Crippen LogP contribution in [0.15, 0.2) is 285 Å². The molecule has 0 heterocycles. The third-order valence-corrected chi connectivity index (χ3v) is 14.5. The quantitative estimate of drug-likeness (QED) is 0.121. The summed E-state index contributed by atoms with van der Waals surface area (Å²) in [4.78, 5) is 0. The minimum atomic E-state index is 0.174. The number of rotatable bonds is 4. The van der Waals surface area contributed by atoms with Crippen molar-refractivity contribution in [3.63, 3.8) is 0 Å². The number of phenolic OH excluding ortho intramolecular Hbond substituents is 5. The molecule has 5 nitrogen and oxygen atoms in total. The van der Waals surface area contributed by atoms with E-state index in [2.05, 4.69) is 218 Å². The highest BCUT2D eigenvalue weighted by molar-refractivity contribution is 5.92. The lowest BCUT2D eigenvalue weighted by molar-refractivity contribution is 0.471. The fourth-order valence-corrected chi connectivity index (χ4v) is 9.63. The van der Waals surface area contributed by atoms with Gasteiger partial charge in [-0.25, -0.2) is 0 Å². The van der Waals surface area contributed by atoms with Gasteiger partial charge in [0, 0.05) is 10.8 Å². The van der Waals surface area contributed by atoms with Crippen LogP contribution in [0.3, 0.4) is 0 Å². The normalized spacial score (nSPS) is 9.66. The summed E-state index contributed by atoms with van der Waals surface area (Å²) in [6.45, 7) is 33.1. The SMILES string of the molecule is CC.CC.CC.CC.CC(C)(C)c1ccc(O)cc1.CCc1cccc2ccccc12.CCc1cccc2ccccc12.CCc1cccc2ccccc12.CCc1cccc2ccccc12.Cc1ccccc1O.Oc1cccc2c(O)cccc12.Oc1ccccc1. The number of para-hydroxylation sites is 2. The van der Waals surface area contributed by atoms with Crippen LogP contribution in [0.2, 0.25) is 0 Å². The second-order valence-electron chi connectivity index (χ2n) is 21.5. The van der Waals surface area contributed by atoms with Crippen LogP contribution in [0.25, 0.3) is 53.9 Å². The molecule has 5 N–H and O–H groups in total. The van der Waals surface area contributed by atoms with Crippen molar-refractivity contribution < 1.29 is 25.5 Å². The summed E-state index contributed by atoms with van der Waals surface area (Å²) in [6.07, 6.45) is 4.45. The molecule has 5 heteroatoms. The molecule has 0 fully saturated rings. The van der Waals surface area contributed by atoms with Gasteiger partial charge in [-0.05, 0) is 157 Å². The predicted molar refractivity (Wildman–Crippen MR) is 414 cm³/mol. The molecule has 13 aromatic rings. The topological polar surface area (TPSA) is 101 Å². The van der Waals surface area contributed by atoms with E-state index in [0.29, 0.717) is 28.0 Å². The molecular weight excluding hydrogens is 1150 g/mol. The third kappa shape index (κ3) is 27.2. The smallest absolute Gasteiger partial charge is 0.123 e. The number of benzene rings is 13. The standard InChI is InChI=1S/4C12H12.C10H8O2.C10H14O.C7H8O.C6H6O.4C2H6/c4*1-2-10-7-5-8-11-6-3-4-9-12(10)11;11-9-5-1-3-7-8(9)4-2-6-10(7)12;1-10(2,3)8-4-6-9(11)7-5-8;1-6-4-2-3-5-7(6)8;7-6-4-2-1-3-5-6;4*1-2/h4*3-9H,2H2,1H3;1-6,11-12H;4-7,11H,1-3H3;2-5,8H,1H3;1-5,7H;4*1-2H3. The highest BCUT2D eigenvalue weighted by Crippen LogP contribution is 2.30. The zero-order valence-electron chi connectivity index (χ0n) is 59.2. The Morgan fingerprint density at radius 2 is 0.468 bits per heavy atom. The van der Waals surface area contributed by atoms with Crippen LogP contribution in [-0.4, -0.2) is 25.5 Å². The third-order valence-electron chi connectivity index (χ3n) is 14.5. The summed E-state index contributed by atoms with van der Waals surface area (Å²) in [5.74, 6) is 1.42. The average molecular weight is 1260 g/mol. The summed E-state index contributed by atoms with van der Waals surface area (Å²) in [5.41, 5.74) is 8.10. The zero-order chi connectivity index (χ0) is 69.7. The number of phenols is 5. The molecule has 0 aliphatic heterocycles. The van der Waals surface area contributed by atoms with E-state index < -0.39 is 0 Å². The Bertz CT molecular complexity index is 3710. The van der Waals surface area contributed by atoms with Crippen LogP contribution in [0.5, 0.6) is 28.7 Å². The van der Waals surface area contributed by atoms with E-state index in [0.717, 1.165) is 31.2 Å². The molecule has 0 radical (unpaired) electrons. The first-order chi connectivity index (χ1) is 45.6. The maximum absolute atomic E-state index is 9.38. The largest absolute Gasteiger partial charge is 0.508 e. The molecular formula is C89H108O5. The van der Waals surface area contributed by atoms with Crippen LogP contribution in [-0.2, 0) is 31.1 Å². The fraction of sp³-hybridized carbons (Fsp3) is 0.236. The van der Waals surface area contributed by atoms with Crippen molar-refractivity contribution in [2.45, 2.75) is 142 Å². The Balaban J connectivity index is 0.000000362. The molecule has 0 saturated heterocycles. The van der Waals surface area contributed by atoms with E-state index in [1.807, 2.05) is 98.7 Å². The Hall–Kier alpha value is -9.84. The van der Waals surface area contributed by atoms with Gasteiger partial charge in [-0.2, -0.15) is 0 Å². The molecule has 494 valence electrons. The van der Waals surface area contributed by atoms with Crippen LogP contribution in [0, 0.1) is 6.92 Å². The lowest BCUT2D eigenvalue weighted by Crippen LogP contribution is -2.10. The maximum atomic E-state index is 9.38. The number of hydrogen-bond donors (Lipinski definition) is 5. The minimum Gasteiger partial charge on any atom is -0.508 e. The molecule has 0 bridgehead atoms. The van der Waals surface area contributed by atoms with E-state index in [9.17, 15) is 10.2 Å². The molecule has 0 unspecified atom stereocenters. The lowest BCUT2D eigenvalue weighted by Gasteiger charge is -2.18. The van der Waals surface area contributed by atoms with Crippen LogP contribution in [0.4, 0.5) is 0 Å². The monoisotopic (exact) mass is 1260 g/mol. The Morgan fingerprint density at radius 3 is 0.723 bits per heavy atom. The van der Waals surface area contributed by atoms with Crippen LogP contribution in [0.1, 0.15) is 137 Å². The molecule has 0 spiro atoms. The predicted octanol–water partition coefficient (Wildman–Crippen LogP) is 25.7. The van der Waals surface area contributed by atoms with Gasteiger partial charge in [0.25, 0.3) is 0 Å². The van der Waals surface area contributed by atoms with Gasteiger partial charge >= 0.3 is 0 Å². The number of fused-ring (bicyclic) bond motifs is 5. The van der Waals surface area contributed by atoms with E-state index >= 15 is 0 Å². The maximum Gasteiger partial charge on any atom is 0.123 e. The first kappa shape index (κ1) is 80.3. The van der Waals surface area contributed by atoms with Gasteiger partial charge in [0.2, 0.25) is 0 Å². The van der Waals surface area contributed by atoms with Crippen molar-refractivity contribution in [3.05, 3.63) is 318 Å². The average Bonchev–Trinajstić information content (AvgIpc) is 2.62. The van der Waals surface area contributed by atoms with Gasteiger partial charge in [-0.1, -0.05) is 347 Å². The zero-order valence-corrected chi connectivity index (χ0v) is 59.2. The van der Waals surface area contributed by atoms with Crippen molar-refractivity contribution >= 4 is 53.9 Å². The van der Waals surface area contributed by atoms with Crippen molar-refractivity contribution in [3.8, 4) is 28.7 Å². The van der Waals surface area contributed by atoms with Crippen LogP contribution >= 0.6 is 0 Å². The summed E-state index contributed by atoms with van der Waals surface area (Å²) in [7, 11) is 0. The van der Waals surface area contributed by atoms with E-state index in [-0.39, 0.29) is 16.9 Å². The molecule has 0 amide bonds. The molecule has 0 aliphatic carbocycles. The van der Waals surface area contributed by atoms with Gasteiger partial charge < -0.3 is 25.5 Å². The lowest BCUT2D eigenvalue weighted by atomic mass is 9.87. The second kappa shape index (κ2) is 46.3. The van der Waals surface area contributed by atoms with Crippen molar-refractivity contribution in [1.82, 2.24) is 0 Å².